The average Bonchev–Trinajstić information content (AvgIpc) is 3.38. The molecule has 0 radical (unpaired) electrons. The number of hydrogen-bond donors (Lipinski definition) is 1. The second-order valence-corrected chi connectivity index (χ2v) is 8.29. The number of carbonyl (C=O) groups is 1. The first-order valence-corrected chi connectivity index (χ1v) is 10.9. The molecule has 0 saturated carbocycles. The lowest BCUT2D eigenvalue weighted by Crippen LogP contribution is -2.64. The quantitative estimate of drug-likeness (QED) is 0.442. The monoisotopic (exact) mass is 529 g/mol. The molecule has 1 aromatic heterocycles. The fourth-order valence-corrected chi connectivity index (χ4v) is 4.18. The summed E-state index contributed by atoms with van der Waals surface area (Å²) in [6.45, 7) is 0.0328. The zero-order valence-corrected chi connectivity index (χ0v) is 19.5. The van der Waals surface area contributed by atoms with Crippen LogP contribution in [0.1, 0.15) is 35.4 Å². The van der Waals surface area contributed by atoms with E-state index in [0.717, 1.165) is 34.1 Å². The highest BCUT2D eigenvalue weighted by Crippen LogP contribution is 2.46. The van der Waals surface area contributed by atoms with Crippen molar-refractivity contribution >= 4 is 11.6 Å². The fourth-order valence-electron chi connectivity index (χ4n) is 4.18. The molecule has 0 saturated heterocycles. The molecule has 2 heterocycles. The highest BCUT2D eigenvalue weighted by molar-refractivity contribution is 6.02. The zero-order valence-electron chi connectivity index (χ0n) is 19.5. The molecule has 0 aliphatic carbocycles. The summed E-state index contributed by atoms with van der Waals surface area (Å²) in [4.78, 5) is 19.6. The number of hydrogen-bond acceptors (Lipinski definition) is 6. The largest absolute Gasteiger partial charge is 0.487 e. The minimum absolute atomic E-state index is 0.0405. The number of aliphatic hydroxyl groups is 1. The van der Waals surface area contributed by atoms with E-state index < -0.39 is 54.1 Å². The van der Waals surface area contributed by atoms with E-state index in [4.69, 9.17) is 4.74 Å². The Hall–Kier alpha value is -3.81. The van der Waals surface area contributed by atoms with Crippen LogP contribution in [0.15, 0.2) is 49.1 Å². The highest BCUT2D eigenvalue weighted by Gasteiger charge is 2.53. The number of nitrogens with zero attached hydrogens (tertiary/aromatic N) is 5. The first-order chi connectivity index (χ1) is 17.4. The lowest BCUT2D eigenvalue weighted by molar-refractivity contribution is -0.148. The molecular weight excluding hydrogens is 508 g/mol. The van der Waals surface area contributed by atoms with Gasteiger partial charge in [-0.3, -0.25) is 9.69 Å². The molecule has 2 unspecified atom stereocenters. The molecule has 2 aromatic carbocycles. The summed E-state index contributed by atoms with van der Waals surface area (Å²) in [5.41, 5.74) is -0.621. The molecule has 8 nitrogen and oxygen atoms in total. The van der Waals surface area contributed by atoms with Gasteiger partial charge >= 0.3 is 12.3 Å². The van der Waals surface area contributed by atoms with Crippen LogP contribution in [0.25, 0.3) is 0 Å². The Kier molecular flexibility index (Phi) is 6.79. The standard InChI is InChI=1S/C23H21F6N5O3/c1-3-19(33-12-30-11-31-33)34-20(35)15-6-5-14(37-10-22(28,29)21(26)27)9-18(15)32(2)23(34,36)16-7-4-13(24)8-17(16)25/h4-9,11-12,19,21,36H,3,10H2,1-2H3. The molecule has 3 aromatic rings. The third-order valence-corrected chi connectivity index (χ3v) is 6.03. The maximum absolute atomic E-state index is 15.1. The highest BCUT2D eigenvalue weighted by atomic mass is 19.3. The maximum atomic E-state index is 15.1. The Morgan fingerprint density at radius 3 is 2.49 bits per heavy atom. The third-order valence-electron chi connectivity index (χ3n) is 6.03. The van der Waals surface area contributed by atoms with E-state index in [-0.39, 0.29) is 23.4 Å². The molecule has 0 spiro atoms. The van der Waals surface area contributed by atoms with Crippen LogP contribution >= 0.6 is 0 Å². The van der Waals surface area contributed by atoms with Gasteiger partial charge in [0, 0.05) is 19.2 Å². The van der Waals surface area contributed by atoms with Crippen LogP contribution in [0.3, 0.4) is 0 Å². The van der Waals surface area contributed by atoms with Gasteiger partial charge in [0.1, 0.15) is 36.2 Å². The summed E-state index contributed by atoms with van der Waals surface area (Å²) in [5.74, 6) is -10.2. The van der Waals surface area contributed by atoms with Gasteiger partial charge in [0.15, 0.2) is 6.61 Å². The van der Waals surface area contributed by atoms with Crippen molar-refractivity contribution < 1.29 is 41.0 Å². The summed E-state index contributed by atoms with van der Waals surface area (Å²) >= 11 is 0. The molecule has 1 N–H and O–H groups in total. The number of carbonyl (C=O) groups excluding carboxylic acids is 1. The number of anilines is 1. The summed E-state index contributed by atoms with van der Waals surface area (Å²) in [7, 11) is 1.28. The van der Waals surface area contributed by atoms with Crippen molar-refractivity contribution in [3.63, 3.8) is 0 Å². The van der Waals surface area contributed by atoms with E-state index in [1.165, 1.54) is 30.5 Å². The molecule has 1 aliphatic heterocycles. The number of fused-ring (bicyclic) bond motifs is 1. The van der Waals surface area contributed by atoms with Crippen molar-refractivity contribution in [1.82, 2.24) is 19.7 Å². The minimum atomic E-state index is -4.43. The number of ether oxygens (including phenoxy) is 1. The van der Waals surface area contributed by atoms with Crippen molar-refractivity contribution in [3.05, 3.63) is 71.8 Å². The predicted molar refractivity (Wildman–Crippen MR) is 117 cm³/mol. The molecule has 198 valence electrons. The molecule has 2 atom stereocenters. The molecule has 1 amide bonds. The second kappa shape index (κ2) is 9.57. The first-order valence-electron chi connectivity index (χ1n) is 10.9. The van der Waals surface area contributed by atoms with Gasteiger partial charge in [-0.25, -0.2) is 27.2 Å². The van der Waals surface area contributed by atoms with Gasteiger partial charge in [-0.2, -0.15) is 13.9 Å². The Balaban J connectivity index is 1.86. The van der Waals surface area contributed by atoms with Crippen LogP contribution in [-0.4, -0.2) is 56.7 Å². The van der Waals surface area contributed by atoms with Crippen molar-refractivity contribution in [3.8, 4) is 5.75 Å². The van der Waals surface area contributed by atoms with Crippen molar-refractivity contribution in [1.29, 1.82) is 0 Å². The van der Waals surface area contributed by atoms with Crippen LogP contribution < -0.4 is 9.64 Å². The van der Waals surface area contributed by atoms with Crippen LogP contribution in [0.5, 0.6) is 5.75 Å². The van der Waals surface area contributed by atoms with Crippen molar-refractivity contribution in [2.24, 2.45) is 0 Å². The molecule has 37 heavy (non-hydrogen) atoms. The molecular formula is C23H21F6N5O3. The summed E-state index contributed by atoms with van der Waals surface area (Å²) in [6, 6.07) is 5.79. The zero-order chi connectivity index (χ0) is 27.1. The Bertz CT molecular complexity index is 1290. The summed E-state index contributed by atoms with van der Waals surface area (Å²) in [6.07, 6.45) is -2.30. The van der Waals surface area contributed by atoms with Crippen LogP contribution in [-0.2, 0) is 5.85 Å². The van der Waals surface area contributed by atoms with Crippen molar-refractivity contribution in [2.75, 3.05) is 18.6 Å². The van der Waals surface area contributed by atoms with Gasteiger partial charge < -0.3 is 14.7 Å². The molecule has 4 rings (SSSR count). The van der Waals surface area contributed by atoms with Gasteiger partial charge in [0.25, 0.3) is 11.8 Å². The number of amides is 1. The number of rotatable bonds is 8. The van der Waals surface area contributed by atoms with Crippen LogP contribution in [0, 0.1) is 11.6 Å². The van der Waals surface area contributed by atoms with E-state index in [2.05, 4.69) is 10.1 Å². The van der Waals surface area contributed by atoms with Gasteiger partial charge in [-0.1, -0.05) is 6.92 Å². The number of benzene rings is 2. The third kappa shape index (κ3) is 4.45. The average molecular weight is 529 g/mol. The number of alkyl halides is 4. The van der Waals surface area contributed by atoms with Gasteiger partial charge in [0.05, 0.1) is 16.8 Å². The Labute approximate surface area is 206 Å². The van der Waals surface area contributed by atoms with Crippen molar-refractivity contribution in [2.45, 2.75) is 37.7 Å². The van der Waals surface area contributed by atoms with Gasteiger partial charge in [-0.15, -0.1) is 0 Å². The van der Waals surface area contributed by atoms with Crippen LogP contribution in [0.2, 0.25) is 0 Å². The van der Waals surface area contributed by atoms with Gasteiger partial charge in [-0.05, 0) is 30.7 Å². The predicted octanol–water partition coefficient (Wildman–Crippen LogP) is 4.14. The fraction of sp³-hybridized carbons (Fsp3) is 0.348. The topological polar surface area (TPSA) is 83.7 Å². The smallest absolute Gasteiger partial charge is 0.340 e. The maximum Gasteiger partial charge on any atom is 0.340 e. The number of halogens is 6. The lowest BCUT2D eigenvalue weighted by Gasteiger charge is -2.52. The summed E-state index contributed by atoms with van der Waals surface area (Å²) < 4.78 is 86.7. The Morgan fingerprint density at radius 2 is 1.89 bits per heavy atom. The second-order valence-electron chi connectivity index (χ2n) is 8.29. The SMILES string of the molecule is CCC(N1C(=O)c2ccc(OCC(F)(F)C(F)F)cc2N(C)C1(O)c1ccc(F)cc1F)n1cncn1. The lowest BCUT2D eigenvalue weighted by atomic mass is 9.97. The van der Waals surface area contributed by atoms with E-state index >= 15 is 4.39 Å². The molecule has 1 aliphatic rings. The molecule has 0 bridgehead atoms. The summed E-state index contributed by atoms with van der Waals surface area (Å²) in [5, 5.41) is 16.1. The first kappa shape index (κ1) is 26.3. The van der Waals surface area contributed by atoms with E-state index in [1.807, 2.05) is 0 Å². The van der Waals surface area contributed by atoms with E-state index in [0.29, 0.717) is 6.07 Å². The van der Waals surface area contributed by atoms with E-state index in [1.54, 1.807) is 6.92 Å². The molecule has 14 heteroatoms. The Morgan fingerprint density at radius 1 is 1.16 bits per heavy atom. The van der Waals surface area contributed by atoms with E-state index in [9.17, 15) is 31.9 Å². The normalized spacial score (nSPS) is 18.8. The minimum Gasteiger partial charge on any atom is -0.487 e. The van der Waals surface area contributed by atoms with Gasteiger partial charge in [0.2, 0.25) is 0 Å². The molecule has 0 fully saturated rings. The van der Waals surface area contributed by atoms with Crippen LogP contribution in [0.4, 0.5) is 32.0 Å². The number of aromatic nitrogens is 3.